The van der Waals surface area contributed by atoms with Crippen LogP contribution >= 0.6 is 0 Å². The average molecular weight is 476 g/mol. The summed E-state index contributed by atoms with van der Waals surface area (Å²) in [6.07, 6.45) is 3.25. The van der Waals surface area contributed by atoms with Crippen LogP contribution in [0.5, 0.6) is 11.5 Å². The SMILES string of the molecule is O=C1c2ccc(Oc3ccc4c(c3)C(=O)N(C[C@@H]3CCCO3)C4=O)cc2C(=O)N1C[C@H]1CCCO1. The molecule has 2 saturated heterocycles. The van der Waals surface area contributed by atoms with E-state index in [1.807, 2.05) is 0 Å². The number of hydrogen-bond donors (Lipinski definition) is 0. The van der Waals surface area contributed by atoms with Crippen LogP contribution < -0.4 is 4.74 Å². The fourth-order valence-electron chi connectivity index (χ4n) is 5.12. The first-order chi connectivity index (χ1) is 17.0. The van der Waals surface area contributed by atoms with Crippen LogP contribution in [0.3, 0.4) is 0 Å². The Morgan fingerprint density at radius 3 is 1.49 bits per heavy atom. The third-order valence-electron chi connectivity index (χ3n) is 6.94. The summed E-state index contributed by atoms with van der Waals surface area (Å²) >= 11 is 0. The quantitative estimate of drug-likeness (QED) is 0.591. The monoisotopic (exact) mass is 476 g/mol. The van der Waals surface area contributed by atoms with E-state index in [2.05, 4.69) is 0 Å². The molecule has 9 heteroatoms. The van der Waals surface area contributed by atoms with Crippen molar-refractivity contribution in [1.82, 2.24) is 9.80 Å². The summed E-state index contributed by atoms with van der Waals surface area (Å²) in [5, 5.41) is 0. The standard InChI is InChI=1S/C26H24N2O7/c29-23-19-7-5-15(11-21(19)25(31)27(23)13-17-3-1-9-33-17)35-16-6-8-20-22(12-16)26(32)28(24(20)30)14-18-4-2-10-34-18/h5-8,11-12,17-18H,1-4,9-10,13-14H2/t17-,18+. The Morgan fingerprint density at radius 1 is 0.657 bits per heavy atom. The highest BCUT2D eigenvalue weighted by atomic mass is 16.5. The van der Waals surface area contributed by atoms with Gasteiger partial charge in [0.15, 0.2) is 0 Å². The fourth-order valence-corrected chi connectivity index (χ4v) is 5.12. The second-order valence-electron chi connectivity index (χ2n) is 9.23. The Hall–Kier alpha value is -3.56. The topological polar surface area (TPSA) is 102 Å². The second kappa shape index (κ2) is 8.58. The van der Waals surface area contributed by atoms with Crippen LogP contribution in [0.1, 0.15) is 67.1 Å². The minimum Gasteiger partial charge on any atom is -0.457 e. The molecule has 4 heterocycles. The van der Waals surface area contributed by atoms with Gasteiger partial charge in [-0.1, -0.05) is 0 Å². The zero-order chi connectivity index (χ0) is 24.1. The maximum absolute atomic E-state index is 12.9. The van der Waals surface area contributed by atoms with Crippen molar-refractivity contribution < 1.29 is 33.4 Å². The highest BCUT2D eigenvalue weighted by Gasteiger charge is 2.39. The molecule has 2 atom stereocenters. The smallest absolute Gasteiger partial charge is 0.261 e. The molecule has 0 saturated carbocycles. The molecule has 0 spiro atoms. The normalized spacial score (nSPS) is 23.4. The van der Waals surface area contributed by atoms with Crippen LogP contribution in [-0.2, 0) is 9.47 Å². The number of benzene rings is 2. The second-order valence-corrected chi connectivity index (χ2v) is 9.23. The van der Waals surface area contributed by atoms with Crippen molar-refractivity contribution >= 4 is 23.6 Å². The van der Waals surface area contributed by atoms with Gasteiger partial charge in [-0.05, 0) is 62.1 Å². The highest BCUT2D eigenvalue weighted by molar-refractivity contribution is 6.22. The van der Waals surface area contributed by atoms with Crippen LogP contribution in [0.4, 0.5) is 0 Å². The molecule has 4 amide bonds. The number of carbonyl (C=O) groups excluding carboxylic acids is 4. The van der Waals surface area contributed by atoms with Gasteiger partial charge in [0, 0.05) is 13.2 Å². The Balaban J connectivity index is 1.19. The predicted molar refractivity (Wildman–Crippen MR) is 122 cm³/mol. The van der Waals surface area contributed by atoms with Gasteiger partial charge in [-0.3, -0.25) is 29.0 Å². The first-order valence-electron chi connectivity index (χ1n) is 11.9. The number of hydrogen-bond acceptors (Lipinski definition) is 7. The van der Waals surface area contributed by atoms with Gasteiger partial charge in [0.25, 0.3) is 23.6 Å². The molecule has 2 aromatic carbocycles. The van der Waals surface area contributed by atoms with E-state index in [0.717, 1.165) is 25.7 Å². The van der Waals surface area contributed by atoms with Gasteiger partial charge >= 0.3 is 0 Å². The number of fused-ring (bicyclic) bond motifs is 2. The summed E-state index contributed by atoms with van der Waals surface area (Å²) in [5.74, 6) is -0.690. The molecule has 0 unspecified atom stereocenters. The maximum atomic E-state index is 12.9. The lowest BCUT2D eigenvalue weighted by atomic mass is 10.1. The van der Waals surface area contributed by atoms with E-state index < -0.39 is 0 Å². The molecule has 9 nitrogen and oxygen atoms in total. The lowest BCUT2D eigenvalue weighted by Crippen LogP contribution is -2.36. The van der Waals surface area contributed by atoms with Crippen molar-refractivity contribution in [1.29, 1.82) is 0 Å². The predicted octanol–water partition coefficient (Wildman–Crippen LogP) is 3.03. The summed E-state index contributed by atoms with van der Waals surface area (Å²) in [4.78, 5) is 53.7. The van der Waals surface area contributed by atoms with Crippen LogP contribution in [0.15, 0.2) is 36.4 Å². The summed E-state index contributed by atoms with van der Waals surface area (Å²) < 4.78 is 17.1. The van der Waals surface area contributed by atoms with E-state index in [1.54, 1.807) is 24.3 Å². The minimum absolute atomic E-state index is 0.126. The first kappa shape index (κ1) is 21.9. The Morgan fingerprint density at radius 2 is 1.09 bits per heavy atom. The van der Waals surface area contributed by atoms with E-state index >= 15 is 0 Å². The van der Waals surface area contributed by atoms with Gasteiger partial charge in [0.2, 0.25) is 0 Å². The van der Waals surface area contributed by atoms with E-state index in [9.17, 15) is 19.2 Å². The van der Waals surface area contributed by atoms with E-state index in [0.29, 0.717) is 35.8 Å². The number of amides is 4. The molecule has 0 radical (unpaired) electrons. The molecule has 180 valence electrons. The van der Waals surface area contributed by atoms with Crippen molar-refractivity contribution in [3.8, 4) is 11.5 Å². The third kappa shape index (κ3) is 3.81. The molecule has 0 aromatic heterocycles. The Kier molecular flexibility index (Phi) is 5.38. The molecule has 4 aliphatic heterocycles. The van der Waals surface area contributed by atoms with Crippen LogP contribution in [0.25, 0.3) is 0 Å². The van der Waals surface area contributed by atoms with Gasteiger partial charge in [-0.15, -0.1) is 0 Å². The lowest BCUT2D eigenvalue weighted by Gasteiger charge is -2.17. The maximum Gasteiger partial charge on any atom is 0.261 e. The molecule has 6 rings (SSSR count). The average Bonchev–Trinajstić information content (AvgIpc) is 3.65. The third-order valence-corrected chi connectivity index (χ3v) is 6.94. The minimum atomic E-state index is -0.370. The van der Waals surface area contributed by atoms with E-state index in [1.165, 1.54) is 21.9 Å². The highest BCUT2D eigenvalue weighted by Crippen LogP contribution is 2.33. The molecule has 0 N–H and O–H groups in total. The van der Waals surface area contributed by atoms with Gasteiger partial charge in [-0.25, -0.2) is 0 Å². The molecular weight excluding hydrogens is 452 g/mol. The molecule has 2 fully saturated rings. The lowest BCUT2D eigenvalue weighted by molar-refractivity contribution is 0.0468. The van der Waals surface area contributed by atoms with Gasteiger partial charge in [0.1, 0.15) is 11.5 Å². The molecule has 0 bridgehead atoms. The van der Waals surface area contributed by atoms with Crippen LogP contribution in [0.2, 0.25) is 0 Å². The molecular formula is C26H24N2O7. The fraction of sp³-hybridized carbons (Fsp3) is 0.385. The number of imide groups is 2. The zero-order valence-corrected chi connectivity index (χ0v) is 19.0. The van der Waals surface area contributed by atoms with Crippen molar-refractivity contribution in [2.75, 3.05) is 26.3 Å². The number of ether oxygens (including phenoxy) is 3. The van der Waals surface area contributed by atoms with Gasteiger partial charge in [0.05, 0.1) is 47.6 Å². The largest absolute Gasteiger partial charge is 0.457 e. The van der Waals surface area contributed by atoms with E-state index in [4.69, 9.17) is 14.2 Å². The van der Waals surface area contributed by atoms with Gasteiger partial charge < -0.3 is 14.2 Å². The van der Waals surface area contributed by atoms with Crippen molar-refractivity contribution in [2.45, 2.75) is 37.9 Å². The van der Waals surface area contributed by atoms with Crippen LogP contribution in [0, 0.1) is 0 Å². The summed E-state index contributed by atoms with van der Waals surface area (Å²) in [6, 6.07) is 9.45. The summed E-state index contributed by atoms with van der Waals surface area (Å²) in [5.41, 5.74) is 1.22. The van der Waals surface area contributed by atoms with Gasteiger partial charge in [-0.2, -0.15) is 0 Å². The molecule has 35 heavy (non-hydrogen) atoms. The summed E-state index contributed by atoms with van der Waals surface area (Å²) in [7, 11) is 0. The van der Waals surface area contributed by atoms with E-state index in [-0.39, 0.29) is 60.1 Å². The number of nitrogens with zero attached hydrogens (tertiary/aromatic N) is 2. The van der Waals surface area contributed by atoms with Crippen molar-refractivity contribution in [3.05, 3.63) is 58.7 Å². The number of carbonyl (C=O) groups is 4. The molecule has 4 aliphatic rings. The van der Waals surface area contributed by atoms with Crippen molar-refractivity contribution in [2.24, 2.45) is 0 Å². The first-order valence-corrected chi connectivity index (χ1v) is 11.9. The summed E-state index contributed by atoms with van der Waals surface area (Å²) in [6.45, 7) is 1.78. The number of rotatable bonds is 6. The zero-order valence-electron chi connectivity index (χ0n) is 19.0. The Labute approximate surface area is 201 Å². The Bertz CT molecular complexity index is 1150. The molecule has 0 aliphatic carbocycles. The molecule has 2 aromatic rings. The van der Waals surface area contributed by atoms with Crippen molar-refractivity contribution in [3.63, 3.8) is 0 Å². The van der Waals surface area contributed by atoms with Crippen LogP contribution in [-0.4, -0.2) is 71.9 Å².